The number of fused-ring (bicyclic) bond motifs is 1. The average Bonchev–Trinajstić information content (AvgIpc) is 2.74. The molecule has 1 aromatic carbocycles. The van der Waals surface area contributed by atoms with Gasteiger partial charge in [0, 0.05) is 18.5 Å². The SMILES string of the molecule is CCCCn1c(N)c(N(CCC(C)C)C(=O)c2ccc3ccccc3n2)c(=O)[nH]c1=O. The van der Waals surface area contributed by atoms with Crippen molar-refractivity contribution in [2.75, 3.05) is 17.2 Å². The van der Waals surface area contributed by atoms with Gasteiger partial charge < -0.3 is 5.73 Å². The van der Waals surface area contributed by atoms with Crippen molar-refractivity contribution in [2.24, 2.45) is 5.92 Å². The van der Waals surface area contributed by atoms with Gasteiger partial charge in [0.1, 0.15) is 11.5 Å². The number of anilines is 2. The minimum Gasteiger partial charge on any atom is -0.383 e. The molecule has 0 aliphatic rings. The molecule has 0 radical (unpaired) electrons. The number of amides is 1. The molecule has 2 heterocycles. The lowest BCUT2D eigenvalue weighted by molar-refractivity contribution is 0.0981. The van der Waals surface area contributed by atoms with Crippen LogP contribution in [0.3, 0.4) is 0 Å². The number of benzene rings is 1. The van der Waals surface area contributed by atoms with E-state index in [4.69, 9.17) is 5.73 Å². The molecule has 0 aliphatic heterocycles. The molecule has 0 saturated heterocycles. The van der Waals surface area contributed by atoms with Gasteiger partial charge in [-0.05, 0) is 30.9 Å². The Hall–Kier alpha value is -3.42. The number of unbranched alkanes of at least 4 members (excludes halogenated alkanes) is 1. The molecule has 0 aliphatic carbocycles. The molecule has 0 atom stereocenters. The van der Waals surface area contributed by atoms with E-state index in [2.05, 4.69) is 9.97 Å². The second kappa shape index (κ2) is 9.59. The molecule has 3 rings (SSSR count). The molecule has 8 heteroatoms. The molecule has 2 aromatic heterocycles. The van der Waals surface area contributed by atoms with Crippen molar-refractivity contribution < 1.29 is 4.79 Å². The molecule has 1 amide bonds. The summed E-state index contributed by atoms with van der Waals surface area (Å²) in [5.41, 5.74) is 5.92. The smallest absolute Gasteiger partial charge is 0.330 e. The molecule has 0 bridgehead atoms. The lowest BCUT2D eigenvalue weighted by Gasteiger charge is -2.25. The highest BCUT2D eigenvalue weighted by molar-refractivity contribution is 6.07. The van der Waals surface area contributed by atoms with E-state index in [1.807, 2.05) is 51.1 Å². The molecule has 0 fully saturated rings. The van der Waals surface area contributed by atoms with Gasteiger partial charge in [0.2, 0.25) is 0 Å². The summed E-state index contributed by atoms with van der Waals surface area (Å²) in [6.45, 7) is 6.71. The highest BCUT2D eigenvalue weighted by Gasteiger charge is 2.26. The van der Waals surface area contributed by atoms with Crippen LogP contribution in [0.1, 0.15) is 50.5 Å². The summed E-state index contributed by atoms with van der Waals surface area (Å²) in [7, 11) is 0. The van der Waals surface area contributed by atoms with Gasteiger partial charge in [0.15, 0.2) is 5.69 Å². The topological polar surface area (TPSA) is 114 Å². The van der Waals surface area contributed by atoms with Crippen LogP contribution in [0.2, 0.25) is 0 Å². The Balaban J connectivity index is 2.11. The van der Waals surface area contributed by atoms with Crippen LogP contribution >= 0.6 is 0 Å². The average molecular weight is 424 g/mol. The Bertz CT molecular complexity index is 1200. The number of nitrogens with two attached hydrogens (primary N) is 1. The van der Waals surface area contributed by atoms with Crippen molar-refractivity contribution in [1.82, 2.24) is 14.5 Å². The Morgan fingerprint density at radius 1 is 1.19 bits per heavy atom. The van der Waals surface area contributed by atoms with Crippen LogP contribution in [0.4, 0.5) is 11.5 Å². The number of carbonyl (C=O) groups excluding carboxylic acids is 1. The third-order valence-corrected chi connectivity index (χ3v) is 5.21. The molecular weight excluding hydrogens is 394 g/mol. The van der Waals surface area contributed by atoms with Crippen LogP contribution < -0.4 is 21.9 Å². The van der Waals surface area contributed by atoms with Gasteiger partial charge in [-0.1, -0.05) is 51.5 Å². The molecular formula is C23H29N5O3. The first kappa shape index (κ1) is 22.3. The first-order chi connectivity index (χ1) is 14.8. The number of nitrogens with one attached hydrogen (secondary N) is 1. The summed E-state index contributed by atoms with van der Waals surface area (Å²) in [4.78, 5) is 46.7. The number of aromatic nitrogens is 3. The fraction of sp³-hybridized carbons (Fsp3) is 0.391. The van der Waals surface area contributed by atoms with E-state index in [1.54, 1.807) is 6.07 Å². The van der Waals surface area contributed by atoms with Gasteiger partial charge in [0.25, 0.3) is 11.5 Å². The van der Waals surface area contributed by atoms with Gasteiger partial charge in [0.05, 0.1) is 5.52 Å². The zero-order chi connectivity index (χ0) is 22.5. The molecule has 3 aromatic rings. The standard InChI is InChI=1S/C23H29N5O3/c1-4-5-13-28-20(24)19(21(29)26-23(28)31)27(14-12-15(2)3)22(30)18-11-10-16-8-6-7-9-17(16)25-18/h6-11,15H,4-5,12-14,24H2,1-3H3,(H,26,29,31). The summed E-state index contributed by atoms with van der Waals surface area (Å²) < 4.78 is 1.32. The Morgan fingerprint density at radius 2 is 1.94 bits per heavy atom. The summed E-state index contributed by atoms with van der Waals surface area (Å²) in [6.07, 6.45) is 2.24. The number of nitrogens with zero attached hydrogens (tertiary/aromatic N) is 3. The maximum Gasteiger partial charge on any atom is 0.330 e. The lowest BCUT2D eigenvalue weighted by Crippen LogP contribution is -2.42. The summed E-state index contributed by atoms with van der Waals surface area (Å²) in [5, 5.41) is 0.915. The Labute approximate surface area is 180 Å². The number of pyridine rings is 1. The number of carbonyl (C=O) groups is 1. The number of hydrogen-bond acceptors (Lipinski definition) is 5. The van der Waals surface area contributed by atoms with Gasteiger partial charge in [-0.3, -0.25) is 24.0 Å². The van der Waals surface area contributed by atoms with Crippen LogP contribution in [0.15, 0.2) is 46.0 Å². The Kier molecular flexibility index (Phi) is 6.89. The number of nitrogen functional groups attached to an aromatic ring is 1. The molecule has 3 N–H and O–H groups in total. The Morgan fingerprint density at radius 3 is 2.65 bits per heavy atom. The van der Waals surface area contributed by atoms with Gasteiger partial charge in [-0.15, -0.1) is 0 Å². The van der Waals surface area contributed by atoms with Crippen molar-refractivity contribution >= 4 is 28.3 Å². The molecule has 0 saturated carbocycles. The van der Waals surface area contributed by atoms with E-state index in [0.29, 0.717) is 24.4 Å². The minimum absolute atomic E-state index is 0.0000882. The van der Waals surface area contributed by atoms with Crippen LogP contribution in [-0.4, -0.2) is 27.0 Å². The molecule has 0 spiro atoms. The molecule has 164 valence electrons. The molecule has 31 heavy (non-hydrogen) atoms. The quantitative estimate of drug-likeness (QED) is 0.578. The number of H-pyrrole nitrogens is 1. The number of para-hydroxylation sites is 1. The van der Waals surface area contributed by atoms with E-state index in [9.17, 15) is 14.4 Å². The first-order valence-corrected chi connectivity index (χ1v) is 10.6. The van der Waals surface area contributed by atoms with E-state index in [-0.39, 0.29) is 23.7 Å². The van der Waals surface area contributed by atoms with Crippen LogP contribution in [-0.2, 0) is 6.54 Å². The first-order valence-electron chi connectivity index (χ1n) is 10.6. The highest BCUT2D eigenvalue weighted by Crippen LogP contribution is 2.22. The van der Waals surface area contributed by atoms with Crippen molar-refractivity contribution in [3.63, 3.8) is 0 Å². The number of rotatable bonds is 8. The predicted octanol–water partition coefficient (Wildman–Crippen LogP) is 3.16. The zero-order valence-corrected chi connectivity index (χ0v) is 18.2. The summed E-state index contributed by atoms with van der Waals surface area (Å²) >= 11 is 0. The maximum absolute atomic E-state index is 13.5. The second-order valence-electron chi connectivity index (χ2n) is 8.03. The third kappa shape index (κ3) is 4.84. The van der Waals surface area contributed by atoms with Crippen molar-refractivity contribution in [1.29, 1.82) is 0 Å². The highest BCUT2D eigenvalue weighted by atomic mass is 16.2. The third-order valence-electron chi connectivity index (χ3n) is 5.21. The van der Waals surface area contributed by atoms with E-state index < -0.39 is 17.2 Å². The van der Waals surface area contributed by atoms with Crippen molar-refractivity contribution in [2.45, 2.75) is 46.6 Å². The maximum atomic E-state index is 13.5. The fourth-order valence-electron chi connectivity index (χ4n) is 3.40. The number of aromatic amines is 1. The zero-order valence-electron chi connectivity index (χ0n) is 18.2. The van der Waals surface area contributed by atoms with Crippen molar-refractivity contribution in [3.8, 4) is 0 Å². The monoisotopic (exact) mass is 423 g/mol. The summed E-state index contributed by atoms with van der Waals surface area (Å²) in [6, 6.07) is 11.0. The van der Waals surface area contributed by atoms with Crippen LogP contribution in [0, 0.1) is 5.92 Å². The minimum atomic E-state index is -0.673. The van der Waals surface area contributed by atoms with Gasteiger partial charge in [-0.25, -0.2) is 9.78 Å². The summed E-state index contributed by atoms with van der Waals surface area (Å²) in [5.74, 6) is -0.129. The van der Waals surface area contributed by atoms with E-state index in [1.165, 1.54) is 9.47 Å². The molecule has 8 nitrogen and oxygen atoms in total. The van der Waals surface area contributed by atoms with Crippen LogP contribution in [0.25, 0.3) is 10.9 Å². The predicted molar refractivity (Wildman–Crippen MR) is 124 cm³/mol. The lowest BCUT2D eigenvalue weighted by atomic mass is 10.1. The van der Waals surface area contributed by atoms with Gasteiger partial charge >= 0.3 is 5.69 Å². The second-order valence-corrected chi connectivity index (χ2v) is 8.03. The normalized spacial score (nSPS) is 11.2. The van der Waals surface area contributed by atoms with Gasteiger partial charge in [-0.2, -0.15) is 0 Å². The largest absolute Gasteiger partial charge is 0.383 e. The van der Waals surface area contributed by atoms with Crippen LogP contribution in [0.5, 0.6) is 0 Å². The molecule has 0 unspecified atom stereocenters. The van der Waals surface area contributed by atoms with E-state index >= 15 is 0 Å². The van der Waals surface area contributed by atoms with Crippen molar-refractivity contribution in [3.05, 3.63) is 62.9 Å². The number of hydrogen-bond donors (Lipinski definition) is 2. The van der Waals surface area contributed by atoms with E-state index in [0.717, 1.165) is 18.2 Å². The fourth-order valence-corrected chi connectivity index (χ4v) is 3.40.